The maximum Gasteiger partial charge on any atom is 0.138 e. The van der Waals surface area contributed by atoms with Crippen LogP contribution in [0, 0.1) is 6.92 Å². The average molecular weight is 381 g/mol. The lowest BCUT2D eigenvalue weighted by Crippen LogP contribution is -2.13. The monoisotopic (exact) mass is 381 g/mol. The van der Waals surface area contributed by atoms with Crippen LogP contribution in [0.1, 0.15) is 28.4 Å². The van der Waals surface area contributed by atoms with Crippen LogP contribution in [-0.2, 0) is 11.3 Å². The molecule has 0 aliphatic rings. The van der Waals surface area contributed by atoms with E-state index in [2.05, 4.69) is 59.5 Å². The van der Waals surface area contributed by atoms with Gasteiger partial charge in [0.15, 0.2) is 0 Å². The second-order valence-electron chi connectivity index (χ2n) is 6.85. The average Bonchev–Trinajstić information content (AvgIpc) is 3.30. The molecule has 1 unspecified atom stereocenters. The fraction of sp³-hybridized carbons (Fsp3) is 0.120. The summed E-state index contributed by atoms with van der Waals surface area (Å²) in [6.07, 6.45) is 5.06. The second-order valence-corrected chi connectivity index (χ2v) is 6.85. The first-order valence-electron chi connectivity index (χ1n) is 9.64. The zero-order valence-corrected chi connectivity index (χ0v) is 16.3. The molecule has 1 heterocycles. The summed E-state index contributed by atoms with van der Waals surface area (Å²) in [5, 5.41) is 4.39. The van der Waals surface area contributed by atoms with Gasteiger partial charge in [-0.2, -0.15) is 5.10 Å². The van der Waals surface area contributed by atoms with Crippen molar-refractivity contribution in [2.45, 2.75) is 19.6 Å². The summed E-state index contributed by atoms with van der Waals surface area (Å²) < 4.78 is 8.28. The predicted molar refractivity (Wildman–Crippen MR) is 116 cm³/mol. The van der Waals surface area contributed by atoms with Gasteiger partial charge in [-0.05, 0) is 35.3 Å². The van der Waals surface area contributed by atoms with Gasteiger partial charge < -0.3 is 4.74 Å². The van der Waals surface area contributed by atoms with Crippen LogP contribution in [0.15, 0.2) is 97.6 Å². The van der Waals surface area contributed by atoms with Crippen molar-refractivity contribution in [3.05, 3.63) is 120 Å². The number of rotatable bonds is 7. The van der Waals surface area contributed by atoms with Gasteiger partial charge in [-0.15, -0.1) is 0 Å². The lowest BCUT2D eigenvalue weighted by molar-refractivity contribution is 0.0744. The van der Waals surface area contributed by atoms with Crippen LogP contribution in [-0.4, -0.2) is 14.8 Å². The highest BCUT2D eigenvalue weighted by Crippen LogP contribution is 2.31. The molecule has 0 saturated carbocycles. The lowest BCUT2D eigenvalue weighted by Gasteiger charge is -2.22. The Labute approximate surface area is 171 Å². The highest BCUT2D eigenvalue weighted by Gasteiger charge is 2.20. The normalized spacial score (nSPS) is 12.7. The maximum absolute atomic E-state index is 6.50. The molecule has 0 N–H and O–H groups in total. The second kappa shape index (κ2) is 9.13. The Morgan fingerprint density at radius 1 is 0.931 bits per heavy atom. The summed E-state index contributed by atoms with van der Waals surface area (Å²) in [5.41, 5.74) is 5.45. The number of nitrogens with zero attached hydrogens (tertiary/aromatic N) is 3. The van der Waals surface area contributed by atoms with Gasteiger partial charge in [-0.3, -0.25) is 0 Å². The first kappa shape index (κ1) is 18.8. The van der Waals surface area contributed by atoms with E-state index in [0.29, 0.717) is 6.61 Å². The van der Waals surface area contributed by atoms with E-state index in [4.69, 9.17) is 4.74 Å². The molecule has 0 saturated heterocycles. The van der Waals surface area contributed by atoms with Crippen molar-refractivity contribution in [2.75, 3.05) is 0 Å². The molecule has 0 spiro atoms. The number of benzene rings is 3. The minimum absolute atomic E-state index is 0.294. The largest absolute Gasteiger partial charge is 0.362 e. The molecule has 4 heteroatoms. The van der Waals surface area contributed by atoms with Crippen LogP contribution in [0.25, 0.3) is 11.8 Å². The standard InChI is InChI=1S/C25H23N3O/c1-20-10-8-9-15-23(20)17-29-25(22-13-6-3-7-14-22)24(28-19-26-18-27-28)16-21-11-4-2-5-12-21/h2-16,18-19,25H,17H2,1H3/b24-16+. The maximum atomic E-state index is 6.50. The fourth-order valence-corrected chi connectivity index (χ4v) is 3.25. The van der Waals surface area contributed by atoms with Crippen molar-refractivity contribution in [3.63, 3.8) is 0 Å². The molecule has 4 rings (SSSR count). The molecule has 1 aromatic heterocycles. The molecular formula is C25H23N3O. The van der Waals surface area contributed by atoms with Crippen molar-refractivity contribution in [2.24, 2.45) is 0 Å². The molecule has 4 aromatic rings. The molecule has 0 fully saturated rings. The van der Waals surface area contributed by atoms with Gasteiger partial charge in [0.05, 0.1) is 12.3 Å². The number of hydrogen-bond donors (Lipinski definition) is 0. The summed E-state index contributed by atoms with van der Waals surface area (Å²) in [7, 11) is 0. The quantitative estimate of drug-likeness (QED) is 0.422. The van der Waals surface area contributed by atoms with E-state index < -0.39 is 0 Å². The zero-order chi connectivity index (χ0) is 19.9. The van der Waals surface area contributed by atoms with E-state index in [0.717, 1.165) is 16.8 Å². The SMILES string of the molecule is Cc1ccccc1COC(/C(=C\c1ccccc1)n1cncn1)c1ccccc1. The highest BCUT2D eigenvalue weighted by atomic mass is 16.5. The van der Waals surface area contributed by atoms with Crippen molar-refractivity contribution in [1.29, 1.82) is 0 Å². The van der Waals surface area contributed by atoms with E-state index in [9.17, 15) is 0 Å². The Morgan fingerprint density at radius 2 is 1.62 bits per heavy atom. The Kier molecular flexibility index (Phi) is 5.93. The smallest absolute Gasteiger partial charge is 0.138 e. The van der Waals surface area contributed by atoms with E-state index in [1.54, 1.807) is 17.3 Å². The first-order chi connectivity index (χ1) is 14.3. The molecule has 0 aliphatic heterocycles. The molecular weight excluding hydrogens is 358 g/mol. The first-order valence-corrected chi connectivity index (χ1v) is 9.64. The third kappa shape index (κ3) is 4.68. The summed E-state index contributed by atoms with van der Waals surface area (Å²) in [4.78, 5) is 4.15. The van der Waals surface area contributed by atoms with Crippen LogP contribution >= 0.6 is 0 Å². The number of hydrogen-bond acceptors (Lipinski definition) is 3. The number of ether oxygens (including phenoxy) is 1. The van der Waals surface area contributed by atoms with E-state index >= 15 is 0 Å². The van der Waals surface area contributed by atoms with Gasteiger partial charge in [-0.1, -0.05) is 84.9 Å². The predicted octanol–water partition coefficient (Wildman–Crippen LogP) is 5.54. The van der Waals surface area contributed by atoms with Gasteiger partial charge in [-0.25, -0.2) is 9.67 Å². The van der Waals surface area contributed by atoms with Gasteiger partial charge in [0.25, 0.3) is 0 Å². The third-order valence-corrected chi connectivity index (χ3v) is 4.84. The summed E-state index contributed by atoms with van der Waals surface area (Å²) in [5.74, 6) is 0. The van der Waals surface area contributed by atoms with Crippen LogP contribution in [0.4, 0.5) is 0 Å². The van der Waals surface area contributed by atoms with E-state index in [1.165, 1.54) is 11.1 Å². The molecule has 29 heavy (non-hydrogen) atoms. The van der Waals surface area contributed by atoms with Crippen molar-refractivity contribution in [1.82, 2.24) is 14.8 Å². The molecule has 0 bridgehead atoms. The summed E-state index contributed by atoms with van der Waals surface area (Å²) >= 11 is 0. The minimum Gasteiger partial charge on any atom is -0.362 e. The fourth-order valence-electron chi connectivity index (χ4n) is 3.25. The van der Waals surface area contributed by atoms with Crippen molar-refractivity contribution < 1.29 is 4.74 Å². The Bertz CT molecular complexity index is 1060. The van der Waals surface area contributed by atoms with Crippen molar-refractivity contribution in [3.8, 4) is 0 Å². The van der Waals surface area contributed by atoms with Crippen molar-refractivity contribution >= 4 is 11.8 Å². The highest BCUT2D eigenvalue weighted by molar-refractivity contribution is 5.73. The van der Waals surface area contributed by atoms with Crippen LogP contribution in [0.3, 0.4) is 0 Å². The number of aryl methyl sites for hydroxylation is 1. The topological polar surface area (TPSA) is 39.9 Å². The Balaban J connectivity index is 1.75. The Morgan fingerprint density at radius 3 is 2.31 bits per heavy atom. The molecule has 0 amide bonds. The minimum atomic E-state index is -0.294. The van der Waals surface area contributed by atoms with Crippen LogP contribution < -0.4 is 0 Å². The molecule has 4 nitrogen and oxygen atoms in total. The Hall–Kier alpha value is -3.50. The summed E-state index contributed by atoms with van der Waals surface area (Å²) in [6.45, 7) is 2.61. The molecule has 0 aliphatic carbocycles. The number of aromatic nitrogens is 3. The molecule has 3 aromatic carbocycles. The van der Waals surface area contributed by atoms with Gasteiger partial charge in [0.1, 0.15) is 18.8 Å². The van der Waals surface area contributed by atoms with Crippen LogP contribution in [0.2, 0.25) is 0 Å². The van der Waals surface area contributed by atoms with E-state index in [1.807, 2.05) is 48.5 Å². The third-order valence-electron chi connectivity index (χ3n) is 4.84. The zero-order valence-electron chi connectivity index (χ0n) is 16.3. The molecule has 144 valence electrons. The summed E-state index contributed by atoms with van der Waals surface area (Å²) in [6, 6.07) is 28.7. The van der Waals surface area contributed by atoms with Crippen LogP contribution in [0.5, 0.6) is 0 Å². The molecule has 1 atom stereocenters. The molecule has 0 radical (unpaired) electrons. The van der Waals surface area contributed by atoms with E-state index in [-0.39, 0.29) is 6.10 Å². The van der Waals surface area contributed by atoms with Gasteiger partial charge in [0.2, 0.25) is 0 Å². The van der Waals surface area contributed by atoms with Gasteiger partial charge in [0, 0.05) is 0 Å². The van der Waals surface area contributed by atoms with Gasteiger partial charge >= 0.3 is 0 Å². The lowest BCUT2D eigenvalue weighted by atomic mass is 10.0.